The molecule has 1 N–H and O–H groups in total. The maximum absolute atomic E-state index is 5.98. The number of aromatic nitrogens is 1. The van der Waals surface area contributed by atoms with Crippen molar-refractivity contribution in [3.63, 3.8) is 0 Å². The van der Waals surface area contributed by atoms with Gasteiger partial charge in [0.1, 0.15) is 0 Å². The van der Waals surface area contributed by atoms with Crippen LogP contribution in [0, 0.1) is 0 Å². The van der Waals surface area contributed by atoms with E-state index in [1.165, 1.54) is 5.75 Å². The molecule has 0 saturated heterocycles. The van der Waals surface area contributed by atoms with Gasteiger partial charge >= 0.3 is 0 Å². The normalized spacial score (nSPS) is 12.6. The fraction of sp³-hybridized carbons (Fsp3) is 0.357. The highest BCUT2D eigenvalue weighted by atomic mass is 35.5. The first-order valence-corrected chi connectivity index (χ1v) is 7.77. The molecule has 2 aromatic rings. The number of nitrogens with one attached hydrogen (secondary N) is 1. The van der Waals surface area contributed by atoms with Gasteiger partial charge in [0, 0.05) is 28.3 Å². The number of thioether (sulfide) groups is 1. The van der Waals surface area contributed by atoms with Crippen molar-refractivity contribution in [3.8, 4) is 0 Å². The fourth-order valence-corrected chi connectivity index (χ4v) is 2.63. The van der Waals surface area contributed by atoms with Gasteiger partial charge in [-0.25, -0.2) is 0 Å². The van der Waals surface area contributed by atoms with Crippen LogP contribution in [0.15, 0.2) is 30.5 Å². The first-order chi connectivity index (χ1) is 8.70. The van der Waals surface area contributed by atoms with Gasteiger partial charge in [0.15, 0.2) is 0 Å². The summed E-state index contributed by atoms with van der Waals surface area (Å²) in [5, 5.41) is 5.39. The summed E-state index contributed by atoms with van der Waals surface area (Å²) in [4.78, 5) is 4.34. The second-order valence-electron chi connectivity index (χ2n) is 4.35. The third-order valence-electron chi connectivity index (χ3n) is 2.86. The molecule has 2 nitrogen and oxygen atoms in total. The highest BCUT2D eigenvalue weighted by Gasteiger charge is 2.06. The lowest BCUT2D eigenvalue weighted by Gasteiger charge is -2.16. The Morgan fingerprint density at radius 2 is 2.22 bits per heavy atom. The molecule has 4 heteroatoms. The Hall–Kier alpha value is -0.930. The molecule has 0 spiro atoms. The van der Waals surface area contributed by atoms with Gasteiger partial charge in [0.25, 0.3) is 0 Å². The van der Waals surface area contributed by atoms with Crippen LogP contribution in [0.2, 0.25) is 5.02 Å². The summed E-state index contributed by atoms with van der Waals surface area (Å²) >= 11 is 7.86. The van der Waals surface area contributed by atoms with Gasteiger partial charge in [-0.15, -0.1) is 0 Å². The number of halogens is 1. The van der Waals surface area contributed by atoms with Crippen LogP contribution < -0.4 is 5.32 Å². The Morgan fingerprint density at radius 1 is 1.39 bits per heavy atom. The fourth-order valence-electron chi connectivity index (χ4n) is 1.88. The van der Waals surface area contributed by atoms with E-state index in [1.807, 2.05) is 42.2 Å². The molecule has 1 unspecified atom stereocenters. The van der Waals surface area contributed by atoms with Gasteiger partial charge in [-0.1, -0.05) is 11.6 Å². The Balaban J connectivity index is 2.22. The van der Waals surface area contributed by atoms with Crippen LogP contribution in [-0.4, -0.2) is 23.0 Å². The molecule has 0 fully saturated rings. The summed E-state index contributed by atoms with van der Waals surface area (Å²) in [6.45, 7) is 2.21. The van der Waals surface area contributed by atoms with E-state index in [2.05, 4.69) is 23.5 Å². The number of nitrogens with zero attached hydrogens (tertiary/aromatic N) is 1. The SMILES string of the molecule is CSCCC(C)Nc1ccnc2cc(Cl)ccc12. The van der Waals surface area contributed by atoms with Crippen molar-refractivity contribution >= 4 is 40.0 Å². The number of anilines is 1. The van der Waals surface area contributed by atoms with E-state index >= 15 is 0 Å². The van der Waals surface area contributed by atoms with E-state index in [0.717, 1.165) is 28.0 Å². The molecule has 1 heterocycles. The van der Waals surface area contributed by atoms with Crippen molar-refractivity contribution in [2.45, 2.75) is 19.4 Å². The maximum Gasteiger partial charge on any atom is 0.0737 e. The molecular weight excluding hydrogens is 264 g/mol. The Kier molecular flexibility index (Phi) is 4.72. The van der Waals surface area contributed by atoms with Crippen LogP contribution in [0.4, 0.5) is 5.69 Å². The van der Waals surface area contributed by atoms with Crippen molar-refractivity contribution < 1.29 is 0 Å². The molecule has 96 valence electrons. The van der Waals surface area contributed by atoms with E-state index < -0.39 is 0 Å². The first kappa shape index (κ1) is 13.5. The molecule has 1 aromatic heterocycles. The summed E-state index contributed by atoms with van der Waals surface area (Å²) in [6, 6.07) is 8.30. The number of hydrogen-bond acceptors (Lipinski definition) is 3. The van der Waals surface area contributed by atoms with Gasteiger partial charge in [-0.3, -0.25) is 4.98 Å². The molecule has 0 aliphatic heterocycles. The highest BCUT2D eigenvalue weighted by molar-refractivity contribution is 7.98. The predicted octanol–water partition coefficient (Wildman–Crippen LogP) is 4.44. The smallest absolute Gasteiger partial charge is 0.0737 e. The van der Waals surface area contributed by atoms with Crippen molar-refractivity contribution in [3.05, 3.63) is 35.5 Å². The molecule has 18 heavy (non-hydrogen) atoms. The van der Waals surface area contributed by atoms with Crippen molar-refractivity contribution in [1.29, 1.82) is 0 Å². The van der Waals surface area contributed by atoms with E-state index in [1.54, 1.807) is 0 Å². The maximum atomic E-state index is 5.98. The third-order valence-corrected chi connectivity index (χ3v) is 3.74. The number of pyridine rings is 1. The minimum absolute atomic E-state index is 0.457. The monoisotopic (exact) mass is 280 g/mol. The second kappa shape index (κ2) is 6.30. The third kappa shape index (κ3) is 3.30. The van der Waals surface area contributed by atoms with Gasteiger partial charge in [-0.05, 0) is 49.6 Å². The predicted molar refractivity (Wildman–Crippen MR) is 82.8 cm³/mol. The topological polar surface area (TPSA) is 24.9 Å². The van der Waals surface area contributed by atoms with E-state index in [-0.39, 0.29) is 0 Å². The lowest BCUT2D eigenvalue weighted by atomic mass is 10.1. The minimum atomic E-state index is 0.457. The van der Waals surface area contributed by atoms with Crippen molar-refractivity contribution in [2.75, 3.05) is 17.3 Å². The zero-order chi connectivity index (χ0) is 13.0. The second-order valence-corrected chi connectivity index (χ2v) is 5.77. The molecule has 0 aliphatic carbocycles. The van der Waals surface area contributed by atoms with Crippen LogP contribution in [0.3, 0.4) is 0 Å². The summed E-state index contributed by atoms with van der Waals surface area (Å²) in [6.07, 6.45) is 5.11. The van der Waals surface area contributed by atoms with Crippen LogP contribution in [-0.2, 0) is 0 Å². The zero-order valence-electron chi connectivity index (χ0n) is 10.6. The van der Waals surface area contributed by atoms with Crippen LogP contribution in [0.5, 0.6) is 0 Å². The van der Waals surface area contributed by atoms with Gasteiger partial charge in [-0.2, -0.15) is 11.8 Å². The summed E-state index contributed by atoms with van der Waals surface area (Å²) < 4.78 is 0. The number of fused-ring (bicyclic) bond motifs is 1. The Labute approximate surface area is 117 Å². The largest absolute Gasteiger partial charge is 0.382 e. The molecule has 0 amide bonds. The lowest BCUT2D eigenvalue weighted by molar-refractivity contribution is 0.773. The molecule has 1 atom stereocenters. The van der Waals surface area contributed by atoms with Gasteiger partial charge in [0.2, 0.25) is 0 Å². The van der Waals surface area contributed by atoms with Gasteiger partial charge < -0.3 is 5.32 Å². The minimum Gasteiger partial charge on any atom is -0.382 e. The molecular formula is C14H17ClN2S. The summed E-state index contributed by atoms with van der Waals surface area (Å²) in [5.41, 5.74) is 2.06. The lowest BCUT2D eigenvalue weighted by Crippen LogP contribution is -2.16. The number of rotatable bonds is 5. The molecule has 0 saturated carbocycles. The average molecular weight is 281 g/mol. The molecule has 1 aromatic carbocycles. The molecule has 0 aliphatic rings. The van der Waals surface area contributed by atoms with E-state index in [4.69, 9.17) is 11.6 Å². The number of hydrogen-bond donors (Lipinski definition) is 1. The quantitative estimate of drug-likeness (QED) is 0.876. The van der Waals surface area contributed by atoms with Crippen molar-refractivity contribution in [1.82, 2.24) is 4.98 Å². The standard InChI is InChI=1S/C14H17ClN2S/c1-10(6-8-18-2)17-13-5-7-16-14-9-11(15)3-4-12(13)14/h3-5,7,9-10H,6,8H2,1-2H3,(H,16,17). The van der Waals surface area contributed by atoms with Gasteiger partial charge in [0.05, 0.1) is 5.52 Å². The zero-order valence-corrected chi connectivity index (χ0v) is 12.2. The summed E-state index contributed by atoms with van der Waals surface area (Å²) in [5.74, 6) is 1.17. The van der Waals surface area contributed by atoms with E-state index in [0.29, 0.717) is 6.04 Å². The number of benzene rings is 1. The average Bonchev–Trinajstić information content (AvgIpc) is 2.36. The molecule has 0 radical (unpaired) electrons. The first-order valence-electron chi connectivity index (χ1n) is 6.00. The van der Waals surface area contributed by atoms with Crippen molar-refractivity contribution in [2.24, 2.45) is 0 Å². The highest BCUT2D eigenvalue weighted by Crippen LogP contribution is 2.25. The van der Waals surface area contributed by atoms with E-state index in [9.17, 15) is 0 Å². The molecule has 2 rings (SSSR count). The molecule has 0 bridgehead atoms. The summed E-state index contributed by atoms with van der Waals surface area (Å²) in [7, 11) is 0. The Bertz CT molecular complexity index is 530. The van der Waals surface area contributed by atoms with Crippen LogP contribution in [0.1, 0.15) is 13.3 Å². The van der Waals surface area contributed by atoms with Crippen LogP contribution >= 0.6 is 23.4 Å². The Morgan fingerprint density at radius 3 is 3.00 bits per heavy atom. The van der Waals surface area contributed by atoms with Crippen LogP contribution in [0.25, 0.3) is 10.9 Å².